The Balaban J connectivity index is 1.99. The number of nitrogens with zero attached hydrogens (tertiary/aromatic N) is 2. The van der Waals surface area contributed by atoms with Gasteiger partial charge in [-0.3, -0.25) is 0 Å². The monoisotopic (exact) mass is 295 g/mol. The average Bonchev–Trinajstić information content (AvgIpc) is 3.09. The highest BCUT2D eigenvalue weighted by Crippen LogP contribution is 2.33. The van der Waals surface area contributed by atoms with E-state index in [1.54, 1.807) is 18.5 Å². The fraction of sp³-hybridized carbons (Fsp3) is 0.357. The predicted octanol–water partition coefficient (Wildman–Crippen LogP) is 3.61. The number of hydrogen-bond donors (Lipinski definition) is 1. The molecule has 1 fully saturated rings. The molecule has 0 spiro atoms. The molecule has 1 atom stereocenters. The molecule has 0 aliphatic carbocycles. The van der Waals surface area contributed by atoms with Crippen molar-refractivity contribution in [2.75, 3.05) is 6.54 Å². The number of aromatic nitrogens is 2. The SMILES string of the molecule is FC(F)Sc1ccccc1-n1cncc1C1CCCN1. The first-order valence-electron chi connectivity index (χ1n) is 6.55. The van der Waals surface area contributed by atoms with Crippen LogP contribution in [0.3, 0.4) is 0 Å². The van der Waals surface area contributed by atoms with Crippen molar-refractivity contribution in [3.8, 4) is 5.69 Å². The quantitative estimate of drug-likeness (QED) is 0.874. The maximum atomic E-state index is 12.7. The molecule has 2 aromatic rings. The fourth-order valence-electron chi connectivity index (χ4n) is 2.55. The smallest absolute Gasteiger partial charge is 0.288 e. The van der Waals surface area contributed by atoms with Crippen molar-refractivity contribution in [3.05, 3.63) is 42.5 Å². The van der Waals surface area contributed by atoms with Crippen molar-refractivity contribution < 1.29 is 8.78 Å². The molecule has 3 nitrogen and oxygen atoms in total. The zero-order chi connectivity index (χ0) is 13.9. The Morgan fingerprint density at radius 2 is 2.20 bits per heavy atom. The van der Waals surface area contributed by atoms with Gasteiger partial charge in [0, 0.05) is 10.9 Å². The third kappa shape index (κ3) is 2.71. The second-order valence-electron chi connectivity index (χ2n) is 4.68. The van der Waals surface area contributed by atoms with Crippen LogP contribution < -0.4 is 5.32 Å². The first kappa shape index (κ1) is 13.6. The summed E-state index contributed by atoms with van der Waals surface area (Å²) in [6.45, 7) is 0.989. The van der Waals surface area contributed by atoms with E-state index in [1.807, 2.05) is 22.9 Å². The molecule has 1 N–H and O–H groups in total. The molecule has 3 rings (SSSR count). The Bertz CT molecular complexity index is 579. The lowest BCUT2D eigenvalue weighted by Gasteiger charge is -2.16. The number of imidazole rings is 1. The molecule has 20 heavy (non-hydrogen) atoms. The van der Waals surface area contributed by atoms with E-state index in [0.717, 1.165) is 30.8 Å². The molecule has 0 amide bonds. The number of rotatable bonds is 4. The molecule has 1 unspecified atom stereocenters. The molecule has 1 aliphatic heterocycles. The Kier molecular flexibility index (Phi) is 4.03. The Labute approximate surface area is 120 Å². The number of benzene rings is 1. The highest BCUT2D eigenvalue weighted by molar-refractivity contribution is 7.99. The summed E-state index contributed by atoms with van der Waals surface area (Å²) in [5.41, 5.74) is 1.80. The largest absolute Gasteiger partial charge is 0.309 e. The van der Waals surface area contributed by atoms with Crippen LogP contribution >= 0.6 is 11.8 Å². The van der Waals surface area contributed by atoms with Gasteiger partial charge in [-0.05, 0) is 31.5 Å². The summed E-state index contributed by atoms with van der Waals surface area (Å²) >= 11 is 0.572. The molecule has 2 heterocycles. The fourth-order valence-corrected chi connectivity index (χ4v) is 3.19. The van der Waals surface area contributed by atoms with Crippen molar-refractivity contribution in [1.29, 1.82) is 0 Å². The molecule has 106 valence electrons. The Morgan fingerprint density at radius 1 is 1.35 bits per heavy atom. The lowest BCUT2D eigenvalue weighted by molar-refractivity contribution is 0.252. The van der Waals surface area contributed by atoms with Crippen LogP contribution in [0.2, 0.25) is 0 Å². The standard InChI is InChI=1S/C14H15F2N3S/c15-14(16)20-13-6-2-1-5-11(13)19-9-17-8-12(19)10-4-3-7-18-10/h1-2,5-6,8-10,14,18H,3-4,7H2. The van der Waals surface area contributed by atoms with E-state index in [1.165, 1.54) is 0 Å². The summed E-state index contributed by atoms with van der Waals surface area (Å²) in [4.78, 5) is 4.76. The summed E-state index contributed by atoms with van der Waals surface area (Å²) in [6, 6.07) is 7.46. The van der Waals surface area contributed by atoms with Crippen LogP contribution in [0.5, 0.6) is 0 Å². The summed E-state index contributed by atoms with van der Waals surface area (Å²) < 4.78 is 27.2. The second-order valence-corrected chi connectivity index (χ2v) is 5.72. The molecule has 6 heteroatoms. The number of thioether (sulfide) groups is 1. The van der Waals surface area contributed by atoms with Gasteiger partial charge in [0.25, 0.3) is 5.76 Å². The van der Waals surface area contributed by atoms with Crippen LogP contribution in [0.1, 0.15) is 24.6 Å². The molecule has 0 radical (unpaired) electrons. The Hall–Kier alpha value is -1.40. The minimum atomic E-state index is -2.42. The van der Waals surface area contributed by atoms with Crippen molar-refractivity contribution >= 4 is 11.8 Å². The molecule has 0 saturated carbocycles. The molecule has 1 aromatic carbocycles. The molecule has 1 saturated heterocycles. The average molecular weight is 295 g/mol. The van der Waals surface area contributed by atoms with Gasteiger partial charge < -0.3 is 9.88 Å². The van der Waals surface area contributed by atoms with Crippen LogP contribution in [0.25, 0.3) is 5.69 Å². The van der Waals surface area contributed by atoms with Crippen LogP contribution in [0.15, 0.2) is 41.7 Å². The van der Waals surface area contributed by atoms with E-state index in [2.05, 4.69) is 10.3 Å². The molecule has 1 aliphatic rings. The zero-order valence-electron chi connectivity index (χ0n) is 10.8. The van der Waals surface area contributed by atoms with Crippen LogP contribution in [0.4, 0.5) is 8.78 Å². The lowest BCUT2D eigenvalue weighted by atomic mass is 10.1. The first-order valence-corrected chi connectivity index (χ1v) is 7.43. The van der Waals surface area contributed by atoms with Gasteiger partial charge in [0.1, 0.15) is 0 Å². The summed E-state index contributed by atoms with van der Waals surface area (Å²) in [6.07, 6.45) is 5.69. The first-order chi connectivity index (χ1) is 9.75. The van der Waals surface area contributed by atoms with E-state index in [4.69, 9.17) is 0 Å². The molecular weight excluding hydrogens is 280 g/mol. The summed E-state index contributed by atoms with van der Waals surface area (Å²) in [5, 5.41) is 3.41. The van der Waals surface area contributed by atoms with E-state index >= 15 is 0 Å². The third-order valence-corrected chi connectivity index (χ3v) is 4.20. The highest BCUT2D eigenvalue weighted by atomic mass is 32.2. The number of nitrogens with one attached hydrogen (secondary N) is 1. The second kappa shape index (κ2) is 5.93. The number of halogens is 2. The van der Waals surface area contributed by atoms with Gasteiger partial charge in [-0.15, -0.1) is 0 Å². The normalized spacial score (nSPS) is 18.9. The van der Waals surface area contributed by atoms with E-state index in [0.29, 0.717) is 16.7 Å². The van der Waals surface area contributed by atoms with E-state index in [-0.39, 0.29) is 6.04 Å². The van der Waals surface area contributed by atoms with Gasteiger partial charge in [-0.2, -0.15) is 8.78 Å². The molecule has 1 aromatic heterocycles. The maximum absolute atomic E-state index is 12.7. The van der Waals surface area contributed by atoms with Crippen LogP contribution in [0, 0.1) is 0 Å². The van der Waals surface area contributed by atoms with Crippen molar-refractivity contribution in [2.45, 2.75) is 29.5 Å². The minimum Gasteiger partial charge on any atom is -0.309 e. The summed E-state index contributed by atoms with van der Waals surface area (Å²) in [7, 11) is 0. The van der Waals surface area contributed by atoms with Gasteiger partial charge >= 0.3 is 0 Å². The van der Waals surface area contributed by atoms with Crippen molar-refractivity contribution in [3.63, 3.8) is 0 Å². The van der Waals surface area contributed by atoms with Crippen LogP contribution in [-0.4, -0.2) is 21.9 Å². The topological polar surface area (TPSA) is 29.9 Å². The van der Waals surface area contributed by atoms with Gasteiger partial charge in [0.2, 0.25) is 0 Å². The van der Waals surface area contributed by atoms with E-state index < -0.39 is 5.76 Å². The van der Waals surface area contributed by atoms with Gasteiger partial charge in [0.05, 0.1) is 23.9 Å². The van der Waals surface area contributed by atoms with Gasteiger partial charge in [-0.1, -0.05) is 23.9 Å². The van der Waals surface area contributed by atoms with Crippen molar-refractivity contribution in [1.82, 2.24) is 14.9 Å². The number of alkyl halides is 2. The minimum absolute atomic E-state index is 0.252. The molecule has 0 bridgehead atoms. The predicted molar refractivity (Wildman–Crippen MR) is 75.4 cm³/mol. The lowest BCUT2D eigenvalue weighted by Crippen LogP contribution is -2.16. The highest BCUT2D eigenvalue weighted by Gasteiger charge is 2.21. The van der Waals surface area contributed by atoms with Gasteiger partial charge in [-0.25, -0.2) is 4.98 Å². The number of hydrogen-bond acceptors (Lipinski definition) is 3. The van der Waals surface area contributed by atoms with Gasteiger partial charge in [0.15, 0.2) is 0 Å². The van der Waals surface area contributed by atoms with Crippen LogP contribution in [-0.2, 0) is 0 Å². The zero-order valence-corrected chi connectivity index (χ0v) is 11.6. The Morgan fingerprint density at radius 3 is 2.95 bits per heavy atom. The molecular formula is C14H15F2N3S. The number of para-hydroxylation sites is 1. The maximum Gasteiger partial charge on any atom is 0.288 e. The van der Waals surface area contributed by atoms with E-state index in [9.17, 15) is 8.78 Å². The van der Waals surface area contributed by atoms with Crippen molar-refractivity contribution in [2.24, 2.45) is 0 Å². The summed E-state index contributed by atoms with van der Waals surface area (Å²) in [5.74, 6) is -2.42. The third-order valence-electron chi connectivity index (χ3n) is 3.43.